The first-order valence-electron chi connectivity index (χ1n) is 12.0. The van der Waals surface area contributed by atoms with Crippen LogP contribution in [-0.2, 0) is 24.0 Å². The van der Waals surface area contributed by atoms with Crippen molar-refractivity contribution in [3.05, 3.63) is 0 Å². The average molecular weight is 597 g/mol. The predicted molar refractivity (Wildman–Crippen MR) is 155 cm³/mol. The molecule has 0 bridgehead atoms. The van der Waals surface area contributed by atoms with Gasteiger partial charge in [-0.05, 0) is 25.0 Å². The summed E-state index contributed by atoms with van der Waals surface area (Å²) < 4.78 is 0. The number of nitrogens with zero attached hydrogens (tertiary/aromatic N) is 2. The van der Waals surface area contributed by atoms with E-state index in [0.29, 0.717) is 43.2 Å². The number of guanidine groups is 1. The molecule has 0 rings (SSSR count). The Kier molecular flexibility index (Phi) is 20.2. The number of nitrogens with one attached hydrogen (secondary N) is 4. The van der Waals surface area contributed by atoms with E-state index < -0.39 is 54.6 Å². The molecule has 0 aliphatic heterocycles. The van der Waals surface area contributed by atoms with E-state index in [0.717, 1.165) is 0 Å². The number of carbonyl (C=O) groups is 5. The summed E-state index contributed by atoms with van der Waals surface area (Å²) in [7, 11) is 0. The number of rotatable bonds is 21. The zero-order chi connectivity index (χ0) is 28.9. The number of aliphatic carboxylic acids is 1. The van der Waals surface area contributed by atoms with Crippen molar-refractivity contribution in [2.75, 3.05) is 56.5 Å². The van der Waals surface area contributed by atoms with Gasteiger partial charge in [-0.2, -0.15) is 37.9 Å². The summed E-state index contributed by atoms with van der Waals surface area (Å²) in [6, 6.07) is -2.31. The molecule has 38 heavy (non-hydrogen) atoms. The molecule has 0 aromatic rings. The lowest BCUT2D eigenvalue weighted by molar-refractivity contribution is -0.140. The second-order valence-electron chi connectivity index (χ2n) is 8.10. The fourth-order valence-corrected chi connectivity index (χ4v) is 3.83. The number of thiol groups is 3. The van der Waals surface area contributed by atoms with Gasteiger partial charge >= 0.3 is 5.97 Å². The van der Waals surface area contributed by atoms with E-state index in [1.165, 1.54) is 0 Å². The molecule has 0 aromatic carbocycles. The highest BCUT2D eigenvalue weighted by Gasteiger charge is 2.25. The summed E-state index contributed by atoms with van der Waals surface area (Å²) in [6.07, 6.45) is 0.484. The summed E-state index contributed by atoms with van der Waals surface area (Å²) in [5, 5.41) is 19.0. The molecule has 4 amide bonds. The lowest BCUT2D eigenvalue weighted by Crippen LogP contribution is -2.53. The third-order valence-electron chi connectivity index (χ3n) is 4.88. The second-order valence-corrected chi connectivity index (χ2v) is 9.44. The van der Waals surface area contributed by atoms with Gasteiger partial charge in [0.25, 0.3) is 0 Å². The van der Waals surface area contributed by atoms with Crippen molar-refractivity contribution < 1.29 is 29.1 Å². The Hall–Kier alpha value is -2.37. The maximum absolute atomic E-state index is 12.8. The van der Waals surface area contributed by atoms with Gasteiger partial charge in [-0.25, -0.2) is 0 Å². The van der Waals surface area contributed by atoms with Gasteiger partial charge in [-0.3, -0.25) is 33.9 Å². The monoisotopic (exact) mass is 596 g/mol. The summed E-state index contributed by atoms with van der Waals surface area (Å²) >= 11 is 12.4. The van der Waals surface area contributed by atoms with Gasteiger partial charge in [0.15, 0.2) is 5.96 Å². The number of aliphatic imine (C=N–C) groups is 1. The van der Waals surface area contributed by atoms with Crippen molar-refractivity contribution in [3.8, 4) is 0 Å². The number of carboxylic acid groups (broad SMARTS) is 1. The van der Waals surface area contributed by atoms with Gasteiger partial charge < -0.3 is 37.8 Å². The highest BCUT2D eigenvalue weighted by Crippen LogP contribution is 2.01. The topological polar surface area (TPSA) is 221 Å². The third-order valence-corrected chi connectivity index (χ3v) is 5.60. The number of hydrogen-bond donors (Lipinski definition) is 10. The molecule has 0 unspecified atom stereocenters. The van der Waals surface area contributed by atoms with E-state index >= 15 is 0 Å². The number of hydrogen-bond acceptors (Lipinski definition) is 10. The first kappa shape index (κ1) is 35.6. The van der Waals surface area contributed by atoms with Gasteiger partial charge in [-0.15, -0.1) is 0 Å². The van der Waals surface area contributed by atoms with Crippen LogP contribution >= 0.6 is 37.9 Å². The van der Waals surface area contributed by atoms with Crippen LogP contribution < -0.4 is 32.7 Å². The highest BCUT2D eigenvalue weighted by atomic mass is 32.1. The molecule has 218 valence electrons. The van der Waals surface area contributed by atoms with Gasteiger partial charge in [0.05, 0.1) is 19.5 Å². The normalized spacial score (nSPS) is 12.2. The van der Waals surface area contributed by atoms with Gasteiger partial charge in [-0.1, -0.05) is 0 Å². The molecule has 0 aromatic heterocycles. The number of carbonyl (C=O) groups excluding carboxylic acids is 4. The summed E-state index contributed by atoms with van der Waals surface area (Å²) in [6.45, 7) is 1.10. The van der Waals surface area contributed by atoms with E-state index in [4.69, 9.17) is 16.6 Å². The van der Waals surface area contributed by atoms with Crippen LogP contribution in [0.2, 0.25) is 0 Å². The molecule has 0 radical (unpaired) electrons. The molecule has 17 heteroatoms. The van der Waals surface area contributed by atoms with Crippen molar-refractivity contribution in [2.24, 2.45) is 16.5 Å². The lowest BCUT2D eigenvalue weighted by Gasteiger charge is -2.23. The number of nitrogens with two attached hydrogens (primary N) is 2. The van der Waals surface area contributed by atoms with Crippen LogP contribution in [0.3, 0.4) is 0 Å². The molecular weight excluding hydrogens is 556 g/mol. The fraction of sp³-hybridized carbons (Fsp3) is 0.714. The Labute approximate surface area is 239 Å². The van der Waals surface area contributed by atoms with Crippen molar-refractivity contribution in [3.63, 3.8) is 0 Å². The van der Waals surface area contributed by atoms with E-state index in [9.17, 15) is 24.0 Å². The molecule has 9 N–H and O–H groups in total. The standard InChI is InChI=1S/C21H40N8O6S3/c22-21(23)25-4-1-3-14(27-17(31)13-29(6-9-37)7-10-38)19(34)26-12-16(30)28-15(11-18(32)33)20(35)24-5-2-8-36/h14-15,36-38H,1-13H2,(H,24,35)(H,26,34)(H,27,31)(H,28,30)(H,32,33)(H4,22,23,25)/t14-,15+/m1/s1. The maximum atomic E-state index is 12.8. The van der Waals surface area contributed by atoms with Crippen LogP contribution in [0.5, 0.6) is 0 Å². The van der Waals surface area contributed by atoms with Gasteiger partial charge in [0.1, 0.15) is 12.1 Å². The van der Waals surface area contributed by atoms with Crippen LogP contribution in [0.15, 0.2) is 4.99 Å². The van der Waals surface area contributed by atoms with Crippen LogP contribution in [0, 0.1) is 0 Å². The maximum Gasteiger partial charge on any atom is 0.305 e. The Bertz CT molecular complexity index is 795. The predicted octanol–water partition coefficient (Wildman–Crippen LogP) is -2.80. The summed E-state index contributed by atoms with van der Waals surface area (Å²) in [5.74, 6) is -2.26. The lowest BCUT2D eigenvalue weighted by atomic mass is 10.1. The van der Waals surface area contributed by atoms with Crippen molar-refractivity contribution in [2.45, 2.75) is 37.8 Å². The van der Waals surface area contributed by atoms with Gasteiger partial charge in [0.2, 0.25) is 23.6 Å². The van der Waals surface area contributed by atoms with E-state index in [-0.39, 0.29) is 32.0 Å². The molecule has 0 aliphatic rings. The van der Waals surface area contributed by atoms with Crippen molar-refractivity contribution in [1.82, 2.24) is 26.2 Å². The quantitative estimate of drug-likeness (QED) is 0.0286. The highest BCUT2D eigenvalue weighted by molar-refractivity contribution is 7.80. The SMILES string of the molecule is NC(N)=NCCC[C@@H](NC(=O)CN(CCS)CCS)C(=O)NCC(=O)N[C@@H](CC(=O)O)C(=O)NCCCS. The summed E-state index contributed by atoms with van der Waals surface area (Å²) in [4.78, 5) is 66.8. The fourth-order valence-electron chi connectivity index (χ4n) is 3.10. The van der Waals surface area contributed by atoms with E-state index in [2.05, 4.69) is 64.1 Å². The second kappa shape index (κ2) is 21.6. The molecule has 14 nitrogen and oxygen atoms in total. The van der Waals surface area contributed by atoms with Crippen LogP contribution in [0.25, 0.3) is 0 Å². The van der Waals surface area contributed by atoms with Gasteiger partial charge in [0, 0.05) is 37.7 Å². The van der Waals surface area contributed by atoms with Crippen LogP contribution in [0.4, 0.5) is 0 Å². The minimum atomic E-state index is -1.32. The molecule has 0 heterocycles. The van der Waals surface area contributed by atoms with E-state index in [1.807, 2.05) is 4.90 Å². The molecule has 2 atom stereocenters. The largest absolute Gasteiger partial charge is 0.481 e. The van der Waals surface area contributed by atoms with E-state index in [1.54, 1.807) is 0 Å². The smallest absolute Gasteiger partial charge is 0.305 e. The molecular formula is C21H40N8O6S3. The minimum absolute atomic E-state index is 0.0263. The number of amides is 4. The van der Waals surface area contributed by atoms with Crippen LogP contribution in [0.1, 0.15) is 25.7 Å². The Balaban J connectivity index is 5.15. The zero-order valence-corrected chi connectivity index (χ0v) is 23.9. The molecule has 0 aliphatic carbocycles. The number of carboxylic acids is 1. The molecule has 0 fully saturated rings. The first-order chi connectivity index (χ1) is 18.0. The first-order valence-corrected chi connectivity index (χ1v) is 13.9. The Morgan fingerprint density at radius 2 is 1.45 bits per heavy atom. The van der Waals surface area contributed by atoms with Crippen LogP contribution in [-0.4, -0.2) is 114 Å². The average Bonchev–Trinajstić information content (AvgIpc) is 2.84. The Morgan fingerprint density at radius 1 is 0.842 bits per heavy atom. The van der Waals surface area contributed by atoms with Crippen molar-refractivity contribution >= 4 is 73.4 Å². The zero-order valence-electron chi connectivity index (χ0n) is 21.2. The summed E-state index contributed by atoms with van der Waals surface area (Å²) in [5.41, 5.74) is 10.6. The third kappa shape index (κ3) is 18.0. The molecule has 0 saturated carbocycles. The molecule has 0 spiro atoms. The van der Waals surface area contributed by atoms with Crippen molar-refractivity contribution in [1.29, 1.82) is 0 Å². The Morgan fingerprint density at radius 3 is 2.00 bits per heavy atom. The molecule has 0 saturated heterocycles. The minimum Gasteiger partial charge on any atom is -0.481 e.